The molecule has 0 atom stereocenters. The van der Waals surface area contributed by atoms with Gasteiger partial charge in [0.05, 0.1) is 23.8 Å². The van der Waals surface area contributed by atoms with Crippen molar-refractivity contribution in [2.75, 3.05) is 44.8 Å². The van der Waals surface area contributed by atoms with Crippen LogP contribution in [0, 0.1) is 0 Å². The van der Waals surface area contributed by atoms with Crippen molar-refractivity contribution in [2.24, 2.45) is 0 Å². The van der Waals surface area contributed by atoms with Crippen LogP contribution in [0.3, 0.4) is 0 Å². The molecule has 0 N–H and O–H groups in total. The highest BCUT2D eigenvalue weighted by Crippen LogP contribution is 2.37. The molecule has 32 heavy (non-hydrogen) atoms. The van der Waals surface area contributed by atoms with Crippen LogP contribution in [0.1, 0.15) is 24.2 Å². The average Bonchev–Trinajstić information content (AvgIpc) is 2.78. The largest absolute Gasteiger partial charge is 0.493 e. The van der Waals surface area contributed by atoms with Gasteiger partial charge in [-0.2, -0.15) is 0 Å². The molecule has 2 aromatic rings. The maximum atomic E-state index is 12.5. The summed E-state index contributed by atoms with van der Waals surface area (Å²) in [6.45, 7) is 5.78. The number of halogens is 2. The first-order valence-electron chi connectivity index (χ1n) is 10.3. The molecule has 1 saturated heterocycles. The van der Waals surface area contributed by atoms with Crippen LogP contribution in [0.2, 0.25) is 10.0 Å². The fourth-order valence-electron chi connectivity index (χ4n) is 3.38. The number of hydrogen-bond acceptors (Lipinski definition) is 6. The molecular formula is C23H26Cl2N2O5. The van der Waals surface area contributed by atoms with Crippen molar-refractivity contribution in [2.45, 2.75) is 20.0 Å². The molecule has 1 aliphatic rings. The number of carbonyl (C=O) groups excluding carboxylic acids is 2. The molecule has 0 saturated carbocycles. The Kier molecular flexibility index (Phi) is 8.10. The second-order valence-corrected chi connectivity index (χ2v) is 8.42. The monoisotopic (exact) mass is 480 g/mol. The number of nitrogens with zero attached hydrogens (tertiary/aromatic N) is 2. The number of ether oxygens (including phenoxy) is 3. The minimum atomic E-state index is -0.660. The first-order chi connectivity index (χ1) is 15.3. The molecule has 1 aliphatic heterocycles. The van der Waals surface area contributed by atoms with Gasteiger partial charge < -0.3 is 24.0 Å². The van der Waals surface area contributed by atoms with Gasteiger partial charge in [0.15, 0.2) is 18.1 Å². The highest BCUT2D eigenvalue weighted by Gasteiger charge is 2.23. The number of methoxy groups -OCH3 is 1. The Balaban J connectivity index is 1.55. The minimum absolute atomic E-state index is 0.115. The van der Waals surface area contributed by atoms with E-state index in [-0.39, 0.29) is 29.2 Å². The number of carbonyl (C=O) groups is 2. The Bertz CT molecular complexity index is 975. The van der Waals surface area contributed by atoms with Gasteiger partial charge in [-0.25, -0.2) is 4.79 Å². The second kappa shape index (κ2) is 10.8. The molecule has 0 aliphatic carbocycles. The predicted molar refractivity (Wildman–Crippen MR) is 124 cm³/mol. The lowest BCUT2D eigenvalue weighted by molar-refractivity contribution is -0.134. The van der Waals surface area contributed by atoms with Crippen molar-refractivity contribution in [3.63, 3.8) is 0 Å². The number of rotatable bonds is 7. The van der Waals surface area contributed by atoms with E-state index in [1.54, 1.807) is 4.90 Å². The number of amides is 1. The third-order valence-electron chi connectivity index (χ3n) is 4.95. The van der Waals surface area contributed by atoms with Crippen molar-refractivity contribution in [3.8, 4) is 11.5 Å². The van der Waals surface area contributed by atoms with Gasteiger partial charge in [-0.15, -0.1) is 0 Å². The van der Waals surface area contributed by atoms with Gasteiger partial charge in [0.1, 0.15) is 0 Å². The van der Waals surface area contributed by atoms with E-state index in [4.69, 9.17) is 37.4 Å². The summed E-state index contributed by atoms with van der Waals surface area (Å²) >= 11 is 12.3. The standard InChI is InChI=1S/C23H26Cl2N2O5/c1-15(2)32-22-19(25)11-16(12-20(22)30-3)23(29)31-14-21(28)27-9-7-26(8-10-27)18-6-4-5-17(24)13-18/h4-6,11-13,15H,7-10,14H2,1-3H3. The maximum absolute atomic E-state index is 12.5. The molecule has 0 radical (unpaired) electrons. The van der Waals surface area contributed by atoms with Gasteiger partial charge in [-0.05, 0) is 44.2 Å². The van der Waals surface area contributed by atoms with E-state index in [9.17, 15) is 9.59 Å². The van der Waals surface area contributed by atoms with Crippen molar-refractivity contribution >= 4 is 40.8 Å². The van der Waals surface area contributed by atoms with Gasteiger partial charge >= 0.3 is 5.97 Å². The van der Waals surface area contributed by atoms with Crippen molar-refractivity contribution in [3.05, 3.63) is 52.0 Å². The molecule has 1 heterocycles. The summed E-state index contributed by atoms with van der Waals surface area (Å²) in [6.07, 6.45) is -0.115. The summed E-state index contributed by atoms with van der Waals surface area (Å²) in [4.78, 5) is 28.9. The van der Waals surface area contributed by atoms with E-state index in [1.165, 1.54) is 19.2 Å². The predicted octanol–water partition coefficient (Wildman–Crippen LogP) is 4.29. The first kappa shape index (κ1) is 24.0. The maximum Gasteiger partial charge on any atom is 0.338 e. The Morgan fingerprint density at radius 1 is 1.06 bits per heavy atom. The molecule has 0 bridgehead atoms. The van der Waals surface area contributed by atoms with Crippen molar-refractivity contribution in [1.29, 1.82) is 0 Å². The third kappa shape index (κ3) is 5.99. The van der Waals surface area contributed by atoms with Crippen LogP contribution in [-0.4, -0.2) is 62.8 Å². The molecule has 0 spiro atoms. The quantitative estimate of drug-likeness (QED) is 0.550. The summed E-state index contributed by atoms with van der Waals surface area (Å²) in [5, 5.41) is 0.905. The van der Waals surface area contributed by atoms with E-state index in [0.29, 0.717) is 42.7 Å². The lowest BCUT2D eigenvalue weighted by atomic mass is 10.2. The normalized spacial score (nSPS) is 13.8. The Morgan fingerprint density at radius 2 is 1.78 bits per heavy atom. The van der Waals surface area contributed by atoms with E-state index >= 15 is 0 Å². The SMILES string of the molecule is COc1cc(C(=O)OCC(=O)N2CCN(c3cccc(Cl)c3)CC2)cc(Cl)c1OC(C)C. The fourth-order valence-corrected chi connectivity index (χ4v) is 3.82. The molecular weight excluding hydrogens is 455 g/mol. The summed E-state index contributed by atoms with van der Waals surface area (Å²) < 4.78 is 16.2. The van der Waals surface area contributed by atoms with E-state index in [2.05, 4.69) is 4.90 Å². The molecule has 0 unspecified atom stereocenters. The third-order valence-corrected chi connectivity index (χ3v) is 5.47. The summed E-state index contributed by atoms with van der Waals surface area (Å²) in [5.74, 6) is -0.231. The highest BCUT2D eigenvalue weighted by molar-refractivity contribution is 6.32. The average molecular weight is 481 g/mol. The first-order valence-corrected chi connectivity index (χ1v) is 11.0. The highest BCUT2D eigenvalue weighted by atomic mass is 35.5. The van der Waals surface area contributed by atoms with Gasteiger partial charge in [-0.3, -0.25) is 4.79 Å². The zero-order valence-corrected chi connectivity index (χ0v) is 19.8. The van der Waals surface area contributed by atoms with Crippen LogP contribution in [0.4, 0.5) is 5.69 Å². The van der Waals surface area contributed by atoms with Crippen LogP contribution in [0.15, 0.2) is 36.4 Å². The lowest BCUT2D eigenvalue weighted by Gasteiger charge is -2.36. The van der Waals surface area contributed by atoms with Gasteiger partial charge in [0.2, 0.25) is 0 Å². The zero-order valence-electron chi connectivity index (χ0n) is 18.3. The topological polar surface area (TPSA) is 68.3 Å². The molecule has 7 nitrogen and oxygen atoms in total. The molecule has 2 aromatic carbocycles. The summed E-state index contributed by atoms with van der Waals surface area (Å²) in [6, 6.07) is 10.5. The van der Waals surface area contributed by atoms with Gasteiger partial charge in [0, 0.05) is 36.9 Å². The van der Waals surface area contributed by atoms with E-state index in [0.717, 1.165) is 5.69 Å². The number of anilines is 1. The number of esters is 1. The molecule has 3 rings (SSSR count). The summed E-state index contributed by atoms with van der Waals surface area (Å²) in [7, 11) is 1.46. The second-order valence-electron chi connectivity index (χ2n) is 7.58. The molecule has 172 valence electrons. The number of benzene rings is 2. The smallest absolute Gasteiger partial charge is 0.338 e. The van der Waals surface area contributed by atoms with Crippen LogP contribution in [0.25, 0.3) is 0 Å². The van der Waals surface area contributed by atoms with Crippen LogP contribution in [-0.2, 0) is 9.53 Å². The molecule has 0 aromatic heterocycles. The summed E-state index contributed by atoms with van der Waals surface area (Å²) in [5.41, 5.74) is 1.20. The van der Waals surface area contributed by atoms with Gasteiger partial charge in [-0.1, -0.05) is 29.3 Å². The molecule has 1 fully saturated rings. The van der Waals surface area contributed by atoms with E-state index in [1.807, 2.05) is 38.1 Å². The minimum Gasteiger partial charge on any atom is -0.493 e. The van der Waals surface area contributed by atoms with Gasteiger partial charge in [0.25, 0.3) is 5.91 Å². The molecule has 1 amide bonds. The Hall–Kier alpha value is -2.64. The van der Waals surface area contributed by atoms with Crippen LogP contribution >= 0.6 is 23.2 Å². The van der Waals surface area contributed by atoms with Crippen molar-refractivity contribution in [1.82, 2.24) is 4.90 Å². The number of piperazine rings is 1. The fraction of sp³-hybridized carbons (Fsp3) is 0.391. The zero-order chi connectivity index (χ0) is 23.3. The number of hydrogen-bond donors (Lipinski definition) is 0. The van der Waals surface area contributed by atoms with Crippen LogP contribution in [0.5, 0.6) is 11.5 Å². The Labute approximate surface area is 197 Å². The lowest BCUT2D eigenvalue weighted by Crippen LogP contribution is -2.49. The van der Waals surface area contributed by atoms with E-state index < -0.39 is 5.97 Å². The Morgan fingerprint density at radius 3 is 2.41 bits per heavy atom. The van der Waals surface area contributed by atoms with Crippen LogP contribution < -0.4 is 14.4 Å². The molecule has 9 heteroatoms. The van der Waals surface area contributed by atoms with Crippen molar-refractivity contribution < 1.29 is 23.8 Å².